The van der Waals surface area contributed by atoms with Crippen LogP contribution in [0, 0.1) is 11.8 Å². The molecule has 9 rings (SSSR count). The molecule has 12 heteroatoms. The lowest BCUT2D eigenvalue weighted by Crippen LogP contribution is -2.56. The predicted molar refractivity (Wildman–Crippen MR) is 231 cm³/mol. The lowest BCUT2D eigenvalue weighted by atomic mass is 9.76. The lowest BCUT2D eigenvalue weighted by molar-refractivity contribution is -0.139. The van der Waals surface area contributed by atoms with Crippen molar-refractivity contribution in [3.05, 3.63) is 77.5 Å². The minimum atomic E-state index is -0.620. The van der Waals surface area contributed by atoms with Crippen molar-refractivity contribution in [2.75, 3.05) is 23.7 Å². The van der Waals surface area contributed by atoms with Gasteiger partial charge in [0, 0.05) is 24.9 Å². The number of rotatable bonds is 11. The van der Waals surface area contributed by atoms with Crippen molar-refractivity contribution in [2.24, 2.45) is 11.8 Å². The topological polar surface area (TPSA) is 153 Å². The van der Waals surface area contributed by atoms with Crippen molar-refractivity contribution < 1.29 is 20.0 Å². The van der Waals surface area contributed by atoms with E-state index in [0.29, 0.717) is 13.1 Å². The van der Waals surface area contributed by atoms with Crippen molar-refractivity contribution in [2.45, 2.75) is 134 Å². The first-order valence-electron chi connectivity index (χ1n) is 22.2. The quantitative estimate of drug-likeness (QED) is 0.0979. The number of hydrogen-bond acceptors (Lipinski definition) is 10. The van der Waals surface area contributed by atoms with Gasteiger partial charge in [-0.15, -0.1) is 0 Å². The van der Waals surface area contributed by atoms with Gasteiger partial charge >= 0.3 is 0 Å². The number of benzene rings is 3. The summed E-state index contributed by atoms with van der Waals surface area (Å²) in [7, 11) is 0. The molecule has 4 unspecified atom stereocenters. The van der Waals surface area contributed by atoms with Crippen LogP contribution in [0.25, 0.3) is 28.0 Å². The van der Waals surface area contributed by atoms with E-state index in [1.54, 1.807) is 0 Å². The molecule has 2 aliphatic carbocycles. The molecule has 0 aromatic heterocycles. The Bertz CT molecular complexity index is 2100. The molecule has 3 aromatic rings. The van der Waals surface area contributed by atoms with Crippen molar-refractivity contribution in [1.29, 1.82) is 0 Å². The fourth-order valence-corrected chi connectivity index (χ4v) is 11.4. The van der Waals surface area contributed by atoms with E-state index in [1.807, 2.05) is 37.5 Å². The average Bonchev–Trinajstić information content (AvgIpc) is 4.09. The third kappa shape index (κ3) is 7.05. The Kier molecular flexibility index (Phi) is 10.9. The number of hydrogen-bond donors (Lipinski definition) is 8. The summed E-state index contributed by atoms with van der Waals surface area (Å²) in [6.07, 6.45) is 12.9. The van der Waals surface area contributed by atoms with E-state index in [1.165, 1.54) is 59.9 Å². The van der Waals surface area contributed by atoms with Crippen LogP contribution in [0.4, 0.5) is 11.4 Å². The monoisotopic (exact) mass is 802 g/mol. The first-order chi connectivity index (χ1) is 28.6. The number of carbonyl (C=O) groups is 2. The molecule has 6 aliphatic rings. The average molecular weight is 803 g/mol. The van der Waals surface area contributed by atoms with Gasteiger partial charge in [0.25, 0.3) is 0 Å². The standard InChI is InChI=1S/C47H62N8O4/c1-27(2)41(52-58)45(56)54-23-7-9-38(54)43-48-26-37(51-43)33-17-16-32(40-34(33)19-22-47(40)20-5-6-21-47)30-13-11-29(12-14-30)31-15-18-35-36(25-31)50-44(49-35)39-10-8-24-55(39)46(57)42(53-59)28(3)4/h11-18,25-28,38-39,41-44,48-53,58-59H,5-10,19-24H2,1-4H3/t38?,39?,41-,42-,43?,44?/m0/s1. The smallest absolute Gasteiger partial charge is 0.242 e. The molecule has 8 N–H and O–H groups in total. The highest BCUT2D eigenvalue weighted by Gasteiger charge is 2.45. The lowest BCUT2D eigenvalue weighted by Gasteiger charge is -2.33. The maximum Gasteiger partial charge on any atom is 0.242 e. The van der Waals surface area contributed by atoms with Gasteiger partial charge in [0.15, 0.2) is 0 Å². The van der Waals surface area contributed by atoms with E-state index < -0.39 is 12.1 Å². The second-order valence-corrected chi connectivity index (χ2v) is 18.6. The minimum absolute atomic E-state index is 0.00169. The number of carbonyl (C=O) groups excluding carboxylic acids is 2. The number of anilines is 2. The van der Waals surface area contributed by atoms with Crippen LogP contribution in [0.1, 0.15) is 102 Å². The molecular formula is C47H62N8O4. The van der Waals surface area contributed by atoms with Crippen LogP contribution < -0.4 is 32.2 Å². The molecule has 59 heavy (non-hydrogen) atoms. The van der Waals surface area contributed by atoms with Gasteiger partial charge in [0.2, 0.25) is 11.8 Å². The fraction of sp³-hybridized carbons (Fsp3) is 0.532. The summed E-state index contributed by atoms with van der Waals surface area (Å²) < 4.78 is 0. The number of nitrogens with zero attached hydrogens (tertiary/aromatic N) is 2. The summed E-state index contributed by atoms with van der Waals surface area (Å²) in [4.78, 5) is 30.7. The number of likely N-dealkylation sites (tertiary alicyclic amines) is 2. The Labute approximate surface area is 348 Å². The molecule has 3 aromatic carbocycles. The zero-order valence-electron chi connectivity index (χ0n) is 35.0. The molecule has 314 valence electrons. The molecule has 0 bridgehead atoms. The second-order valence-electron chi connectivity index (χ2n) is 18.6. The number of hydroxylamine groups is 2. The Morgan fingerprint density at radius 3 is 1.88 bits per heavy atom. The Balaban J connectivity index is 0.934. The molecule has 2 amide bonds. The first-order valence-corrected chi connectivity index (χ1v) is 22.2. The highest BCUT2D eigenvalue weighted by Crippen LogP contribution is 2.55. The summed E-state index contributed by atoms with van der Waals surface area (Å²) in [5.41, 5.74) is 17.0. The molecule has 4 heterocycles. The molecule has 1 spiro atoms. The van der Waals surface area contributed by atoms with Crippen molar-refractivity contribution >= 4 is 28.9 Å². The summed E-state index contributed by atoms with van der Waals surface area (Å²) in [5.74, 6) is -0.133. The van der Waals surface area contributed by atoms with Gasteiger partial charge < -0.3 is 41.5 Å². The van der Waals surface area contributed by atoms with E-state index in [-0.39, 0.29) is 53.5 Å². The molecule has 12 nitrogen and oxygen atoms in total. The first kappa shape index (κ1) is 39.8. The largest absolute Gasteiger partial charge is 0.368 e. The van der Waals surface area contributed by atoms with Crippen LogP contribution in [0.15, 0.2) is 60.8 Å². The molecule has 0 radical (unpaired) electrons. The van der Waals surface area contributed by atoms with E-state index in [2.05, 4.69) is 93.0 Å². The number of nitrogens with one attached hydrogen (secondary N) is 6. The minimum Gasteiger partial charge on any atom is -0.368 e. The summed E-state index contributed by atoms with van der Waals surface area (Å²) in [6.45, 7) is 9.18. The zero-order valence-corrected chi connectivity index (χ0v) is 35.0. The van der Waals surface area contributed by atoms with Gasteiger partial charge in [-0.1, -0.05) is 83.0 Å². The highest BCUT2D eigenvalue weighted by molar-refractivity contribution is 5.86. The molecule has 3 fully saturated rings. The van der Waals surface area contributed by atoms with E-state index in [0.717, 1.165) is 60.3 Å². The van der Waals surface area contributed by atoms with Gasteiger partial charge in [0.05, 0.1) is 29.2 Å². The van der Waals surface area contributed by atoms with E-state index in [9.17, 15) is 20.0 Å². The molecular weight excluding hydrogens is 741 g/mol. The SMILES string of the molecule is CC(C)[C@H](NO)C(=O)N1CCCC1C1NC=C(c2ccc(-c3ccc(-c4ccc5c(c4)NC(C4CCCN4C(=O)[C@@H](NO)C(C)C)N5)cc3)c3c2CCC32CCCC2)N1. The Morgan fingerprint density at radius 2 is 1.25 bits per heavy atom. The predicted octanol–water partition coefficient (Wildman–Crippen LogP) is 6.75. The van der Waals surface area contributed by atoms with Gasteiger partial charge in [0.1, 0.15) is 24.4 Å². The van der Waals surface area contributed by atoms with Crippen LogP contribution in [-0.2, 0) is 21.4 Å². The third-order valence-corrected chi connectivity index (χ3v) is 14.5. The van der Waals surface area contributed by atoms with Gasteiger partial charge in [-0.2, -0.15) is 11.0 Å². The second kappa shape index (κ2) is 16.1. The van der Waals surface area contributed by atoms with Gasteiger partial charge in [-0.05, 0) is 114 Å². The van der Waals surface area contributed by atoms with Gasteiger partial charge in [-0.25, -0.2) is 0 Å². The number of amides is 2. The van der Waals surface area contributed by atoms with Crippen LogP contribution in [0.5, 0.6) is 0 Å². The fourth-order valence-electron chi connectivity index (χ4n) is 11.4. The van der Waals surface area contributed by atoms with E-state index in [4.69, 9.17) is 0 Å². The summed E-state index contributed by atoms with van der Waals surface area (Å²) in [6, 6.07) is 19.0. The molecule has 2 saturated heterocycles. The van der Waals surface area contributed by atoms with Crippen molar-refractivity contribution in [3.63, 3.8) is 0 Å². The highest BCUT2D eigenvalue weighted by atomic mass is 16.5. The van der Waals surface area contributed by atoms with Crippen molar-refractivity contribution in [3.8, 4) is 22.3 Å². The maximum atomic E-state index is 13.5. The van der Waals surface area contributed by atoms with Crippen LogP contribution in [0.2, 0.25) is 0 Å². The number of fused-ring (bicyclic) bond motifs is 3. The van der Waals surface area contributed by atoms with Crippen molar-refractivity contribution in [1.82, 2.24) is 31.4 Å². The summed E-state index contributed by atoms with van der Waals surface area (Å²) >= 11 is 0. The maximum absolute atomic E-state index is 13.5. The normalized spacial score (nSPS) is 25.1. The van der Waals surface area contributed by atoms with Crippen LogP contribution >= 0.6 is 0 Å². The van der Waals surface area contributed by atoms with Crippen LogP contribution in [-0.4, -0.2) is 81.6 Å². The third-order valence-electron chi connectivity index (χ3n) is 14.5. The Hall–Kier alpha value is -4.62. The zero-order chi connectivity index (χ0) is 41.0. The molecule has 6 atom stereocenters. The van der Waals surface area contributed by atoms with Gasteiger partial charge in [-0.3, -0.25) is 9.59 Å². The van der Waals surface area contributed by atoms with E-state index >= 15 is 0 Å². The summed E-state index contributed by atoms with van der Waals surface area (Å²) in [5, 5.41) is 34.2. The molecule has 4 aliphatic heterocycles. The van der Waals surface area contributed by atoms with Crippen LogP contribution in [0.3, 0.4) is 0 Å². The molecule has 1 saturated carbocycles. The Morgan fingerprint density at radius 1 is 0.678 bits per heavy atom.